The Morgan fingerprint density at radius 2 is 1.84 bits per heavy atom. The molecule has 0 aliphatic rings. The summed E-state index contributed by atoms with van der Waals surface area (Å²) in [6.45, 7) is 2.03. The molecule has 0 saturated heterocycles. The lowest BCUT2D eigenvalue weighted by Crippen LogP contribution is -2.18. The van der Waals surface area contributed by atoms with E-state index in [-0.39, 0.29) is 29.7 Å². The highest BCUT2D eigenvalue weighted by molar-refractivity contribution is 9.10. The number of para-hydroxylation sites is 1. The van der Waals surface area contributed by atoms with Crippen molar-refractivity contribution in [2.24, 2.45) is 7.05 Å². The fourth-order valence-corrected chi connectivity index (χ4v) is 3.88. The number of hydrogen-bond donors (Lipinski definition) is 2. The van der Waals surface area contributed by atoms with Gasteiger partial charge in [-0.05, 0) is 36.2 Å². The average Bonchev–Trinajstić information content (AvgIpc) is 3.08. The Bertz CT molecular complexity index is 1110. The molecular weight excluding hydrogens is 485 g/mol. The van der Waals surface area contributed by atoms with Crippen molar-refractivity contribution in [3.05, 3.63) is 64.1 Å². The molecule has 31 heavy (non-hydrogen) atoms. The Labute approximate surface area is 192 Å². The van der Waals surface area contributed by atoms with Gasteiger partial charge in [0.05, 0.1) is 17.9 Å². The monoisotopic (exact) mass is 505 g/mol. The Balaban J connectivity index is 1.56. The number of carbonyl (C=O) groups excluding carboxylic acids is 2. The summed E-state index contributed by atoms with van der Waals surface area (Å²) < 4.78 is 16.1. The van der Waals surface area contributed by atoms with Crippen molar-refractivity contribution in [3.63, 3.8) is 0 Å². The number of rotatable bonds is 8. The summed E-state index contributed by atoms with van der Waals surface area (Å²) in [5.74, 6) is -0.587. The SMILES string of the molecule is CCc1ccccc1NC(=O)Cc1nnc(SCC(=O)Nc2ccc(Br)cc2F)n1C. The highest BCUT2D eigenvalue weighted by Crippen LogP contribution is 2.21. The molecular formula is C21H21BrFN5O2S. The number of nitrogens with zero attached hydrogens (tertiary/aromatic N) is 3. The van der Waals surface area contributed by atoms with Gasteiger partial charge in [0, 0.05) is 17.2 Å². The van der Waals surface area contributed by atoms with Crippen molar-refractivity contribution in [1.82, 2.24) is 14.8 Å². The van der Waals surface area contributed by atoms with Crippen LogP contribution >= 0.6 is 27.7 Å². The van der Waals surface area contributed by atoms with Crippen molar-refractivity contribution in [3.8, 4) is 0 Å². The van der Waals surface area contributed by atoms with Crippen LogP contribution in [0.25, 0.3) is 0 Å². The third kappa shape index (κ3) is 6.14. The first-order chi connectivity index (χ1) is 14.9. The quantitative estimate of drug-likeness (QED) is 0.448. The normalized spacial score (nSPS) is 10.7. The summed E-state index contributed by atoms with van der Waals surface area (Å²) in [5, 5.41) is 14.0. The zero-order valence-electron chi connectivity index (χ0n) is 17.0. The second kappa shape index (κ2) is 10.5. The largest absolute Gasteiger partial charge is 0.325 e. The van der Waals surface area contributed by atoms with E-state index in [4.69, 9.17) is 0 Å². The molecule has 10 heteroatoms. The fraction of sp³-hybridized carbons (Fsp3) is 0.238. The summed E-state index contributed by atoms with van der Waals surface area (Å²) >= 11 is 4.33. The van der Waals surface area contributed by atoms with Crippen LogP contribution in [0.3, 0.4) is 0 Å². The summed E-state index contributed by atoms with van der Waals surface area (Å²) in [5.41, 5.74) is 1.94. The second-order valence-corrected chi connectivity index (χ2v) is 8.51. The summed E-state index contributed by atoms with van der Waals surface area (Å²) in [6.07, 6.45) is 0.867. The van der Waals surface area contributed by atoms with Crippen molar-refractivity contribution in [2.45, 2.75) is 24.9 Å². The minimum atomic E-state index is -0.524. The number of halogens is 2. The number of anilines is 2. The van der Waals surface area contributed by atoms with Gasteiger partial charge >= 0.3 is 0 Å². The highest BCUT2D eigenvalue weighted by Gasteiger charge is 2.16. The lowest BCUT2D eigenvalue weighted by molar-refractivity contribution is -0.116. The van der Waals surface area contributed by atoms with Gasteiger partial charge in [0.1, 0.15) is 11.6 Å². The van der Waals surface area contributed by atoms with Gasteiger partial charge in [-0.15, -0.1) is 10.2 Å². The maximum Gasteiger partial charge on any atom is 0.234 e. The Morgan fingerprint density at radius 3 is 2.58 bits per heavy atom. The average molecular weight is 506 g/mol. The molecule has 2 N–H and O–H groups in total. The van der Waals surface area contributed by atoms with Gasteiger partial charge in [0.2, 0.25) is 11.8 Å². The Hall–Kier alpha value is -2.72. The minimum absolute atomic E-state index is 0.0253. The Morgan fingerprint density at radius 1 is 1.10 bits per heavy atom. The van der Waals surface area contributed by atoms with Gasteiger partial charge in [-0.3, -0.25) is 9.59 Å². The molecule has 0 spiro atoms. The predicted octanol–water partition coefficient (Wildman–Crippen LogP) is 4.19. The maximum absolute atomic E-state index is 13.9. The Kier molecular flexibility index (Phi) is 7.80. The van der Waals surface area contributed by atoms with E-state index in [0.29, 0.717) is 15.5 Å². The number of amides is 2. The molecule has 2 aromatic carbocycles. The molecule has 3 aromatic rings. The molecule has 0 bridgehead atoms. The summed E-state index contributed by atoms with van der Waals surface area (Å²) in [6, 6.07) is 12.0. The van der Waals surface area contributed by atoms with Crippen molar-refractivity contribution >= 4 is 50.9 Å². The standard InChI is InChI=1S/C21H21BrFN5O2S/c1-3-13-6-4-5-7-16(13)24-19(29)11-18-26-27-21(28(18)2)31-12-20(30)25-17-9-8-14(22)10-15(17)23/h4-10H,3,11-12H2,1-2H3,(H,24,29)(H,25,30). The van der Waals surface area contributed by atoms with Crippen LogP contribution in [0.2, 0.25) is 0 Å². The summed E-state index contributed by atoms with van der Waals surface area (Å²) in [4.78, 5) is 24.6. The molecule has 3 rings (SSSR count). The van der Waals surface area contributed by atoms with Crippen LogP contribution in [0.15, 0.2) is 52.1 Å². The molecule has 0 radical (unpaired) electrons. The number of hydrogen-bond acceptors (Lipinski definition) is 5. The van der Waals surface area contributed by atoms with Crippen molar-refractivity contribution in [1.29, 1.82) is 0 Å². The summed E-state index contributed by atoms with van der Waals surface area (Å²) in [7, 11) is 1.73. The molecule has 2 amide bonds. The molecule has 0 fully saturated rings. The first kappa shape index (κ1) is 23.0. The van der Waals surface area contributed by atoms with E-state index >= 15 is 0 Å². The van der Waals surface area contributed by atoms with Crippen LogP contribution in [0, 0.1) is 5.82 Å². The molecule has 0 atom stereocenters. The molecule has 0 saturated carbocycles. The number of nitrogens with one attached hydrogen (secondary N) is 2. The van der Waals surface area contributed by atoms with E-state index in [1.807, 2.05) is 31.2 Å². The van der Waals surface area contributed by atoms with Gasteiger partial charge in [-0.25, -0.2) is 4.39 Å². The van der Waals surface area contributed by atoms with Gasteiger partial charge in [0.15, 0.2) is 5.16 Å². The third-order valence-electron chi connectivity index (χ3n) is 4.45. The zero-order valence-corrected chi connectivity index (χ0v) is 19.4. The third-order valence-corrected chi connectivity index (χ3v) is 5.97. The van der Waals surface area contributed by atoms with Crippen LogP contribution in [0.5, 0.6) is 0 Å². The van der Waals surface area contributed by atoms with E-state index < -0.39 is 5.82 Å². The number of aromatic nitrogens is 3. The number of aryl methyl sites for hydroxylation is 1. The lowest BCUT2D eigenvalue weighted by atomic mass is 10.1. The van der Waals surface area contributed by atoms with Gasteiger partial charge in [-0.2, -0.15) is 0 Å². The second-order valence-electron chi connectivity index (χ2n) is 6.65. The smallest absolute Gasteiger partial charge is 0.234 e. The van der Waals surface area contributed by atoms with Crippen LogP contribution < -0.4 is 10.6 Å². The lowest BCUT2D eigenvalue weighted by Gasteiger charge is -2.09. The van der Waals surface area contributed by atoms with E-state index in [9.17, 15) is 14.0 Å². The minimum Gasteiger partial charge on any atom is -0.325 e. The number of thioether (sulfide) groups is 1. The molecule has 162 valence electrons. The molecule has 0 aliphatic carbocycles. The van der Waals surface area contributed by atoms with E-state index in [0.717, 1.165) is 29.4 Å². The number of carbonyl (C=O) groups is 2. The van der Waals surface area contributed by atoms with Gasteiger partial charge in [-0.1, -0.05) is 52.8 Å². The van der Waals surface area contributed by atoms with Gasteiger partial charge in [0.25, 0.3) is 0 Å². The topological polar surface area (TPSA) is 88.9 Å². The zero-order chi connectivity index (χ0) is 22.4. The molecule has 1 aromatic heterocycles. The maximum atomic E-state index is 13.9. The van der Waals surface area contributed by atoms with Crippen LogP contribution in [-0.2, 0) is 29.5 Å². The van der Waals surface area contributed by atoms with E-state index in [1.54, 1.807) is 17.7 Å². The first-order valence-corrected chi connectivity index (χ1v) is 11.3. The van der Waals surface area contributed by atoms with Crippen LogP contribution in [0.1, 0.15) is 18.3 Å². The fourth-order valence-electron chi connectivity index (χ4n) is 2.82. The molecule has 0 aliphatic heterocycles. The molecule has 1 heterocycles. The first-order valence-electron chi connectivity index (χ1n) is 9.51. The predicted molar refractivity (Wildman–Crippen MR) is 123 cm³/mol. The molecule has 0 unspecified atom stereocenters. The van der Waals surface area contributed by atoms with Gasteiger partial charge < -0.3 is 15.2 Å². The van der Waals surface area contributed by atoms with Crippen molar-refractivity contribution < 1.29 is 14.0 Å². The van der Waals surface area contributed by atoms with E-state index in [1.165, 1.54) is 12.1 Å². The van der Waals surface area contributed by atoms with E-state index in [2.05, 4.69) is 36.8 Å². The molecule has 7 nitrogen and oxygen atoms in total. The highest BCUT2D eigenvalue weighted by atomic mass is 79.9. The van der Waals surface area contributed by atoms with Crippen LogP contribution in [0.4, 0.5) is 15.8 Å². The van der Waals surface area contributed by atoms with Crippen molar-refractivity contribution in [2.75, 3.05) is 16.4 Å². The number of benzene rings is 2. The van der Waals surface area contributed by atoms with Crippen LogP contribution in [-0.4, -0.2) is 32.3 Å².